The van der Waals surface area contributed by atoms with E-state index in [9.17, 15) is 4.79 Å². The molecule has 6 nitrogen and oxygen atoms in total. The van der Waals surface area contributed by atoms with Crippen LogP contribution in [0.5, 0.6) is 5.75 Å². The molecule has 116 valence electrons. The fourth-order valence-electron chi connectivity index (χ4n) is 2.07. The summed E-state index contributed by atoms with van der Waals surface area (Å²) < 4.78 is 10.7. The molecular formula is C17H14N2O4. The zero-order valence-corrected chi connectivity index (χ0v) is 12.3. The van der Waals surface area contributed by atoms with Gasteiger partial charge in [-0.1, -0.05) is 12.1 Å². The van der Waals surface area contributed by atoms with Crippen LogP contribution in [0.3, 0.4) is 0 Å². The first-order valence-corrected chi connectivity index (χ1v) is 6.86. The molecule has 0 aliphatic rings. The summed E-state index contributed by atoms with van der Waals surface area (Å²) >= 11 is 0. The molecule has 0 amide bonds. The summed E-state index contributed by atoms with van der Waals surface area (Å²) in [6, 6.07) is 14.2. The van der Waals surface area contributed by atoms with E-state index >= 15 is 0 Å². The number of aromatic carboxylic acids is 1. The van der Waals surface area contributed by atoms with Crippen molar-refractivity contribution in [3.8, 4) is 17.1 Å². The van der Waals surface area contributed by atoms with E-state index in [-0.39, 0.29) is 5.56 Å². The predicted molar refractivity (Wildman–Crippen MR) is 85.2 cm³/mol. The van der Waals surface area contributed by atoms with Crippen LogP contribution in [0.15, 0.2) is 59.1 Å². The van der Waals surface area contributed by atoms with Crippen molar-refractivity contribution in [2.75, 3.05) is 12.4 Å². The van der Waals surface area contributed by atoms with E-state index in [2.05, 4.69) is 10.3 Å². The fourth-order valence-corrected chi connectivity index (χ4v) is 2.07. The number of carbonyl (C=O) groups is 1. The Morgan fingerprint density at radius 2 is 2.00 bits per heavy atom. The molecule has 6 heteroatoms. The van der Waals surface area contributed by atoms with Crippen molar-refractivity contribution in [2.45, 2.75) is 0 Å². The number of nitrogens with one attached hydrogen (secondary N) is 1. The Morgan fingerprint density at radius 1 is 1.22 bits per heavy atom. The molecule has 0 unspecified atom stereocenters. The van der Waals surface area contributed by atoms with Gasteiger partial charge < -0.3 is 19.6 Å². The Hall–Kier alpha value is -3.28. The predicted octanol–water partition coefficient (Wildman–Crippen LogP) is 3.79. The van der Waals surface area contributed by atoms with Crippen LogP contribution in [-0.4, -0.2) is 23.2 Å². The summed E-state index contributed by atoms with van der Waals surface area (Å²) in [6.07, 6.45) is 1.55. The highest BCUT2D eigenvalue weighted by molar-refractivity contribution is 5.89. The molecule has 0 saturated heterocycles. The Bertz CT molecular complexity index is 825. The van der Waals surface area contributed by atoms with E-state index in [0.29, 0.717) is 17.3 Å². The molecule has 3 rings (SSSR count). The van der Waals surface area contributed by atoms with Crippen molar-refractivity contribution in [3.05, 3.63) is 60.3 Å². The number of carboxylic acid groups (broad SMARTS) is 1. The second-order valence-electron chi connectivity index (χ2n) is 4.77. The standard InChI is InChI=1S/C17H14N2O4/c1-22-14-7-5-13(6-8-14)19-17-18-10-15(23-17)11-3-2-4-12(9-11)16(20)21/h2-10H,1H3,(H,18,19)(H,20,21). The zero-order valence-electron chi connectivity index (χ0n) is 12.3. The summed E-state index contributed by atoms with van der Waals surface area (Å²) in [5.41, 5.74) is 1.65. The summed E-state index contributed by atoms with van der Waals surface area (Å²) in [6.45, 7) is 0. The number of aromatic nitrogens is 1. The van der Waals surface area contributed by atoms with Crippen LogP contribution < -0.4 is 10.1 Å². The quantitative estimate of drug-likeness (QED) is 0.746. The van der Waals surface area contributed by atoms with Gasteiger partial charge in [-0.25, -0.2) is 9.78 Å². The topological polar surface area (TPSA) is 84.6 Å². The van der Waals surface area contributed by atoms with E-state index in [4.69, 9.17) is 14.3 Å². The minimum atomic E-state index is -0.983. The molecule has 0 atom stereocenters. The van der Waals surface area contributed by atoms with Gasteiger partial charge in [0.1, 0.15) is 5.75 Å². The van der Waals surface area contributed by atoms with Crippen molar-refractivity contribution in [1.82, 2.24) is 4.98 Å². The van der Waals surface area contributed by atoms with Gasteiger partial charge >= 0.3 is 5.97 Å². The van der Waals surface area contributed by atoms with Gasteiger partial charge in [-0.05, 0) is 36.4 Å². The van der Waals surface area contributed by atoms with E-state index in [0.717, 1.165) is 11.4 Å². The number of nitrogens with zero attached hydrogens (tertiary/aromatic N) is 1. The van der Waals surface area contributed by atoms with Gasteiger partial charge in [0.2, 0.25) is 0 Å². The zero-order chi connectivity index (χ0) is 16.2. The Kier molecular flexibility index (Phi) is 3.97. The Labute approximate surface area is 132 Å². The summed E-state index contributed by atoms with van der Waals surface area (Å²) in [4.78, 5) is 15.2. The largest absolute Gasteiger partial charge is 0.497 e. The highest BCUT2D eigenvalue weighted by Crippen LogP contribution is 2.25. The average Bonchev–Trinajstić information content (AvgIpc) is 3.04. The SMILES string of the molecule is COc1ccc(Nc2ncc(-c3cccc(C(=O)O)c3)o2)cc1. The van der Waals surface area contributed by atoms with Crippen LogP contribution in [0, 0.1) is 0 Å². The molecule has 0 aliphatic heterocycles. The third-order valence-electron chi connectivity index (χ3n) is 3.24. The molecule has 0 aliphatic carbocycles. The fraction of sp³-hybridized carbons (Fsp3) is 0.0588. The summed E-state index contributed by atoms with van der Waals surface area (Å²) in [5.74, 6) is 0.265. The van der Waals surface area contributed by atoms with Crippen LogP contribution in [-0.2, 0) is 0 Å². The van der Waals surface area contributed by atoms with Crippen molar-refractivity contribution in [3.63, 3.8) is 0 Å². The smallest absolute Gasteiger partial charge is 0.335 e. The first-order chi connectivity index (χ1) is 11.2. The molecule has 0 fully saturated rings. The molecule has 1 aromatic heterocycles. The number of carboxylic acids is 1. The molecule has 23 heavy (non-hydrogen) atoms. The maximum absolute atomic E-state index is 11.0. The van der Waals surface area contributed by atoms with Gasteiger partial charge in [-0.3, -0.25) is 0 Å². The normalized spacial score (nSPS) is 10.3. The minimum Gasteiger partial charge on any atom is -0.497 e. The van der Waals surface area contributed by atoms with Gasteiger partial charge in [0, 0.05) is 11.3 Å². The Morgan fingerprint density at radius 3 is 2.70 bits per heavy atom. The summed E-state index contributed by atoms with van der Waals surface area (Å²) in [5, 5.41) is 12.1. The highest BCUT2D eigenvalue weighted by Gasteiger charge is 2.09. The van der Waals surface area contributed by atoms with Gasteiger partial charge in [-0.15, -0.1) is 0 Å². The highest BCUT2D eigenvalue weighted by atomic mass is 16.5. The lowest BCUT2D eigenvalue weighted by Crippen LogP contribution is -1.95. The maximum Gasteiger partial charge on any atom is 0.335 e. The van der Waals surface area contributed by atoms with Gasteiger partial charge in [-0.2, -0.15) is 0 Å². The molecule has 2 N–H and O–H groups in total. The second-order valence-corrected chi connectivity index (χ2v) is 4.77. The number of anilines is 2. The lowest BCUT2D eigenvalue weighted by atomic mass is 10.1. The summed E-state index contributed by atoms with van der Waals surface area (Å²) in [7, 11) is 1.61. The maximum atomic E-state index is 11.0. The second kappa shape index (κ2) is 6.23. The van der Waals surface area contributed by atoms with Crippen LogP contribution in [0.1, 0.15) is 10.4 Å². The van der Waals surface area contributed by atoms with Gasteiger partial charge in [0.15, 0.2) is 5.76 Å². The first kappa shape index (κ1) is 14.6. The molecule has 0 saturated carbocycles. The van der Waals surface area contributed by atoms with Crippen LogP contribution in [0.4, 0.5) is 11.7 Å². The lowest BCUT2D eigenvalue weighted by molar-refractivity contribution is 0.0697. The number of benzene rings is 2. The van der Waals surface area contributed by atoms with Crippen molar-refractivity contribution in [2.24, 2.45) is 0 Å². The van der Waals surface area contributed by atoms with Gasteiger partial charge in [0.05, 0.1) is 18.9 Å². The average molecular weight is 310 g/mol. The number of hydrogen-bond donors (Lipinski definition) is 2. The lowest BCUT2D eigenvalue weighted by Gasteiger charge is -2.03. The van der Waals surface area contributed by atoms with E-state index in [1.807, 2.05) is 24.3 Å². The minimum absolute atomic E-state index is 0.198. The van der Waals surface area contributed by atoms with Crippen LogP contribution >= 0.6 is 0 Å². The molecule has 0 radical (unpaired) electrons. The molecular weight excluding hydrogens is 296 g/mol. The third-order valence-corrected chi connectivity index (χ3v) is 3.24. The third kappa shape index (κ3) is 3.32. The van der Waals surface area contributed by atoms with Crippen LogP contribution in [0.2, 0.25) is 0 Å². The molecule has 1 heterocycles. The van der Waals surface area contributed by atoms with Crippen molar-refractivity contribution < 1.29 is 19.1 Å². The number of methoxy groups -OCH3 is 1. The number of ether oxygens (including phenoxy) is 1. The van der Waals surface area contributed by atoms with E-state index < -0.39 is 5.97 Å². The first-order valence-electron chi connectivity index (χ1n) is 6.86. The van der Waals surface area contributed by atoms with E-state index in [1.54, 1.807) is 31.5 Å². The van der Waals surface area contributed by atoms with E-state index in [1.165, 1.54) is 6.07 Å². The Balaban J connectivity index is 1.79. The van der Waals surface area contributed by atoms with Crippen LogP contribution in [0.25, 0.3) is 11.3 Å². The molecule has 3 aromatic rings. The van der Waals surface area contributed by atoms with Gasteiger partial charge in [0.25, 0.3) is 6.01 Å². The number of oxazole rings is 1. The molecule has 0 spiro atoms. The molecule has 0 bridgehead atoms. The van der Waals surface area contributed by atoms with Crippen molar-refractivity contribution in [1.29, 1.82) is 0 Å². The molecule has 2 aromatic carbocycles. The van der Waals surface area contributed by atoms with Crippen molar-refractivity contribution >= 4 is 17.7 Å². The monoisotopic (exact) mass is 310 g/mol. The number of rotatable bonds is 5. The number of hydrogen-bond acceptors (Lipinski definition) is 5.